The number of benzene rings is 1. The first-order valence-electron chi connectivity index (χ1n) is 8.02. The van der Waals surface area contributed by atoms with Crippen LogP contribution < -0.4 is 5.32 Å². The lowest BCUT2D eigenvalue weighted by Gasteiger charge is -2.19. The minimum absolute atomic E-state index is 0.225. The molecule has 1 rings (SSSR count). The standard InChI is InChI=1S/C20H24ClNO4/c1-6-8-16(12-23)18(21)14(2)25-13-15-9-7-10-17(11-15)22-19(24)26-20(3,4)5/h6-12H,1,13H2,2-5H3,(H,22,24)/b16-8-,18-14-. The number of allylic oxidation sites excluding steroid dienone is 5. The van der Waals surface area contributed by atoms with Crippen LogP contribution in [0.25, 0.3) is 0 Å². The molecule has 0 heterocycles. The van der Waals surface area contributed by atoms with Crippen LogP contribution in [0.5, 0.6) is 0 Å². The van der Waals surface area contributed by atoms with E-state index in [1.165, 1.54) is 12.2 Å². The van der Waals surface area contributed by atoms with Gasteiger partial charge < -0.3 is 9.47 Å². The minimum atomic E-state index is -0.571. The van der Waals surface area contributed by atoms with Crippen molar-refractivity contribution >= 4 is 29.7 Å². The minimum Gasteiger partial charge on any atom is -0.492 e. The number of anilines is 1. The van der Waals surface area contributed by atoms with Crippen LogP contribution >= 0.6 is 11.6 Å². The van der Waals surface area contributed by atoms with Crippen LogP contribution in [0.1, 0.15) is 33.3 Å². The average molecular weight is 378 g/mol. The van der Waals surface area contributed by atoms with Gasteiger partial charge in [0.15, 0.2) is 6.29 Å². The average Bonchev–Trinajstić information content (AvgIpc) is 2.55. The highest BCUT2D eigenvalue weighted by Crippen LogP contribution is 2.21. The lowest BCUT2D eigenvalue weighted by atomic mass is 10.2. The molecule has 1 amide bonds. The summed E-state index contributed by atoms with van der Waals surface area (Å²) in [5.74, 6) is 0.414. The van der Waals surface area contributed by atoms with Gasteiger partial charge in [0.05, 0.1) is 5.03 Å². The fourth-order valence-electron chi connectivity index (χ4n) is 1.91. The highest BCUT2D eigenvalue weighted by atomic mass is 35.5. The van der Waals surface area contributed by atoms with Crippen LogP contribution in [0.15, 0.2) is 59.4 Å². The van der Waals surface area contributed by atoms with Crippen molar-refractivity contribution in [2.45, 2.75) is 39.9 Å². The molecule has 0 aliphatic carbocycles. The van der Waals surface area contributed by atoms with Gasteiger partial charge in [-0.15, -0.1) is 0 Å². The summed E-state index contributed by atoms with van der Waals surface area (Å²) in [6.07, 6.45) is 3.10. The van der Waals surface area contributed by atoms with Gasteiger partial charge in [-0.3, -0.25) is 10.1 Å². The lowest BCUT2D eigenvalue weighted by Crippen LogP contribution is -2.27. The van der Waals surface area contributed by atoms with Gasteiger partial charge >= 0.3 is 6.09 Å². The number of hydrogen-bond donors (Lipinski definition) is 1. The maximum absolute atomic E-state index is 11.8. The zero-order valence-corrected chi connectivity index (χ0v) is 16.2. The van der Waals surface area contributed by atoms with Crippen LogP contribution in [0.2, 0.25) is 0 Å². The van der Waals surface area contributed by atoms with Crippen molar-refractivity contribution in [1.29, 1.82) is 0 Å². The van der Waals surface area contributed by atoms with E-state index in [2.05, 4.69) is 11.9 Å². The fraction of sp³-hybridized carbons (Fsp3) is 0.300. The third-order valence-corrected chi connectivity index (χ3v) is 3.50. The number of nitrogens with one attached hydrogen (secondary N) is 1. The van der Waals surface area contributed by atoms with E-state index in [0.717, 1.165) is 5.56 Å². The maximum Gasteiger partial charge on any atom is 0.412 e. The molecule has 1 aromatic rings. The number of rotatable bonds is 7. The Bertz CT molecular complexity index is 730. The summed E-state index contributed by atoms with van der Waals surface area (Å²) in [6, 6.07) is 7.16. The van der Waals surface area contributed by atoms with Crippen LogP contribution in [-0.2, 0) is 20.9 Å². The Morgan fingerprint density at radius 2 is 2.04 bits per heavy atom. The first-order chi connectivity index (χ1) is 12.2. The monoisotopic (exact) mass is 377 g/mol. The predicted molar refractivity (Wildman–Crippen MR) is 104 cm³/mol. The molecule has 0 atom stereocenters. The van der Waals surface area contributed by atoms with Crippen LogP contribution in [0, 0.1) is 0 Å². The molecule has 0 radical (unpaired) electrons. The van der Waals surface area contributed by atoms with Gasteiger partial charge in [-0.05, 0) is 45.4 Å². The Morgan fingerprint density at radius 1 is 1.35 bits per heavy atom. The number of hydrogen-bond acceptors (Lipinski definition) is 4. The van der Waals surface area contributed by atoms with E-state index >= 15 is 0 Å². The van der Waals surface area contributed by atoms with Crippen molar-refractivity contribution in [2.24, 2.45) is 0 Å². The molecule has 0 unspecified atom stereocenters. The van der Waals surface area contributed by atoms with Crippen LogP contribution in [-0.4, -0.2) is 18.0 Å². The first kappa shape index (κ1) is 21.5. The molecule has 0 saturated carbocycles. The molecular formula is C20H24ClNO4. The second-order valence-corrected chi connectivity index (χ2v) is 6.84. The summed E-state index contributed by atoms with van der Waals surface area (Å²) in [6.45, 7) is 10.8. The van der Waals surface area contributed by atoms with Gasteiger partial charge in [0, 0.05) is 11.3 Å². The smallest absolute Gasteiger partial charge is 0.412 e. The van der Waals surface area contributed by atoms with E-state index in [0.29, 0.717) is 23.3 Å². The third kappa shape index (κ3) is 7.57. The third-order valence-electron chi connectivity index (χ3n) is 3.01. The lowest BCUT2D eigenvalue weighted by molar-refractivity contribution is -0.104. The van der Waals surface area contributed by atoms with E-state index < -0.39 is 11.7 Å². The summed E-state index contributed by atoms with van der Waals surface area (Å²) in [7, 11) is 0. The quantitative estimate of drug-likeness (QED) is 0.302. The fourth-order valence-corrected chi connectivity index (χ4v) is 2.07. The molecule has 0 aromatic heterocycles. The van der Waals surface area contributed by atoms with Crippen molar-refractivity contribution in [3.8, 4) is 0 Å². The first-order valence-corrected chi connectivity index (χ1v) is 8.40. The summed E-state index contributed by atoms with van der Waals surface area (Å²) in [4.78, 5) is 22.8. The normalized spacial score (nSPS) is 12.7. The number of carbonyl (C=O) groups excluding carboxylic acids is 2. The maximum atomic E-state index is 11.8. The van der Waals surface area contributed by atoms with E-state index in [9.17, 15) is 9.59 Å². The zero-order valence-electron chi connectivity index (χ0n) is 15.5. The molecule has 6 heteroatoms. The number of amides is 1. The van der Waals surface area contributed by atoms with Crippen molar-refractivity contribution in [2.75, 3.05) is 5.32 Å². The molecular weight excluding hydrogens is 354 g/mol. The molecule has 0 fully saturated rings. The number of ether oxygens (including phenoxy) is 2. The van der Waals surface area contributed by atoms with E-state index in [1.54, 1.807) is 45.9 Å². The second-order valence-electron chi connectivity index (χ2n) is 6.46. The van der Waals surface area contributed by atoms with E-state index in [1.807, 2.05) is 6.07 Å². The van der Waals surface area contributed by atoms with Crippen molar-refractivity contribution < 1.29 is 19.1 Å². The number of halogens is 1. The Kier molecular flexibility index (Phi) is 8.13. The van der Waals surface area contributed by atoms with Gasteiger partial charge in [0.25, 0.3) is 0 Å². The zero-order chi connectivity index (χ0) is 19.7. The van der Waals surface area contributed by atoms with E-state index in [-0.39, 0.29) is 11.6 Å². The number of aldehydes is 1. The highest BCUT2D eigenvalue weighted by molar-refractivity contribution is 6.34. The van der Waals surface area contributed by atoms with E-state index in [4.69, 9.17) is 21.1 Å². The molecule has 0 aliphatic heterocycles. The molecule has 0 bridgehead atoms. The highest BCUT2D eigenvalue weighted by Gasteiger charge is 2.16. The largest absolute Gasteiger partial charge is 0.492 e. The molecule has 140 valence electrons. The van der Waals surface area contributed by atoms with Gasteiger partial charge in [-0.1, -0.05) is 42.5 Å². The van der Waals surface area contributed by atoms with Crippen molar-refractivity contribution in [1.82, 2.24) is 0 Å². The number of carbonyl (C=O) groups is 2. The molecule has 5 nitrogen and oxygen atoms in total. The molecule has 0 spiro atoms. The SMILES string of the molecule is C=C/C=C(C=O)\C(Cl)=C(/C)OCc1cccc(NC(=O)OC(C)(C)C)c1. The molecule has 0 aliphatic rings. The molecule has 1 N–H and O–H groups in total. The molecule has 26 heavy (non-hydrogen) atoms. The van der Waals surface area contributed by atoms with Gasteiger partial charge in [-0.2, -0.15) is 0 Å². The second kappa shape index (κ2) is 9.82. The Balaban J connectivity index is 2.77. The summed E-state index contributed by atoms with van der Waals surface area (Å²) < 4.78 is 10.8. The van der Waals surface area contributed by atoms with Gasteiger partial charge in [0.1, 0.15) is 18.0 Å². The van der Waals surface area contributed by atoms with Crippen LogP contribution in [0.4, 0.5) is 10.5 Å². The summed E-state index contributed by atoms with van der Waals surface area (Å²) >= 11 is 6.14. The molecule has 1 aromatic carbocycles. The van der Waals surface area contributed by atoms with Gasteiger partial charge in [0.2, 0.25) is 0 Å². The topological polar surface area (TPSA) is 64.6 Å². The summed E-state index contributed by atoms with van der Waals surface area (Å²) in [5.41, 5.74) is 1.13. The summed E-state index contributed by atoms with van der Waals surface area (Å²) in [5, 5.41) is 2.90. The Labute approximate surface area is 159 Å². The van der Waals surface area contributed by atoms with Crippen molar-refractivity contribution in [3.63, 3.8) is 0 Å². The van der Waals surface area contributed by atoms with Crippen molar-refractivity contribution in [3.05, 3.63) is 64.9 Å². The predicted octanol–water partition coefficient (Wildman–Crippen LogP) is 5.33. The Morgan fingerprint density at radius 3 is 2.62 bits per heavy atom. The van der Waals surface area contributed by atoms with Gasteiger partial charge in [-0.25, -0.2) is 4.79 Å². The Hall–Kier alpha value is -2.53. The molecule has 0 saturated heterocycles. The van der Waals surface area contributed by atoms with Crippen LogP contribution in [0.3, 0.4) is 0 Å².